The number of amides is 4. The SMILES string of the molecule is C[C@H](NC(=O)Nc1ccccc1)C(=O)OCC(=O)Nc1sccc1C(N)=O. The molecule has 4 amide bonds. The lowest BCUT2D eigenvalue weighted by Gasteiger charge is -2.14. The summed E-state index contributed by atoms with van der Waals surface area (Å²) in [5.74, 6) is -2.09. The number of esters is 1. The Hall–Kier alpha value is -3.40. The largest absolute Gasteiger partial charge is 0.454 e. The van der Waals surface area contributed by atoms with Gasteiger partial charge >= 0.3 is 12.0 Å². The van der Waals surface area contributed by atoms with Crippen LogP contribution >= 0.6 is 11.3 Å². The Morgan fingerprint density at radius 1 is 1.11 bits per heavy atom. The number of hydrogen-bond acceptors (Lipinski definition) is 6. The number of benzene rings is 1. The quantitative estimate of drug-likeness (QED) is 0.531. The Morgan fingerprint density at radius 3 is 2.48 bits per heavy atom. The maximum absolute atomic E-state index is 11.9. The van der Waals surface area contributed by atoms with Crippen LogP contribution < -0.4 is 21.7 Å². The summed E-state index contributed by atoms with van der Waals surface area (Å²) < 4.78 is 4.86. The summed E-state index contributed by atoms with van der Waals surface area (Å²) in [4.78, 5) is 46.8. The first-order valence-corrected chi connectivity index (χ1v) is 8.71. The van der Waals surface area contributed by atoms with Crippen molar-refractivity contribution in [2.75, 3.05) is 17.2 Å². The highest BCUT2D eigenvalue weighted by atomic mass is 32.1. The molecule has 2 aromatic rings. The van der Waals surface area contributed by atoms with Gasteiger partial charge in [-0.25, -0.2) is 9.59 Å². The van der Waals surface area contributed by atoms with Gasteiger partial charge in [-0.05, 0) is 30.5 Å². The van der Waals surface area contributed by atoms with E-state index in [1.165, 1.54) is 13.0 Å². The Morgan fingerprint density at radius 2 is 1.81 bits per heavy atom. The third kappa shape index (κ3) is 6.12. The first-order valence-electron chi connectivity index (χ1n) is 7.83. The van der Waals surface area contributed by atoms with Crippen LogP contribution in [0.1, 0.15) is 17.3 Å². The fourth-order valence-electron chi connectivity index (χ4n) is 1.97. The molecule has 142 valence electrons. The Balaban J connectivity index is 1.77. The van der Waals surface area contributed by atoms with Crippen LogP contribution in [-0.4, -0.2) is 36.5 Å². The van der Waals surface area contributed by atoms with Gasteiger partial charge in [0.25, 0.3) is 11.8 Å². The topological polar surface area (TPSA) is 140 Å². The van der Waals surface area contributed by atoms with Crippen molar-refractivity contribution < 1.29 is 23.9 Å². The van der Waals surface area contributed by atoms with Gasteiger partial charge in [0.05, 0.1) is 5.56 Å². The summed E-state index contributed by atoms with van der Waals surface area (Å²) >= 11 is 1.12. The molecule has 0 saturated heterocycles. The first-order chi connectivity index (χ1) is 12.9. The van der Waals surface area contributed by atoms with Crippen molar-refractivity contribution in [2.24, 2.45) is 5.73 Å². The van der Waals surface area contributed by atoms with Crippen LogP contribution in [-0.2, 0) is 14.3 Å². The lowest BCUT2D eigenvalue weighted by Crippen LogP contribution is -2.42. The van der Waals surface area contributed by atoms with E-state index >= 15 is 0 Å². The van der Waals surface area contributed by atoms with Crippen molar-refractivity contribution in [1.82, 2.24) is 5.32 Å². The van der Waals surface area contributed by atoms with Crippen molar-refractivity contribution >= 4 is 45.8 Å². The highest BCUT2D eigenvalue weighted by molar-refractivity contribution is 7.14. The minimum atomic E-state index is -0.968. The van der Waals surface area contributed by atoms with E-state index < -0.39 is 36.5 Å². The van der Waals surface area contributed by atoms with Crippen molar-refractivity contribution in [3.8, 4) is 0 Å². The zero-order valence-electron chi connectivity index (χ0n) is 14.4. The number of urea groups is 1. The molecule has 0 spiro atoms. The van der Waals surface area contributed by atoms with E-state index in [2.05, 4.69) is 16.0 Å². The molecule has 0 radical (unpaired) electrons. The monoisotopic (exact) mass is 390 g/mol. The van der Waals surface area contributed by atoms with E-state index in [4.69, 9.17) is 10.5 Å². The standard InChI is InChI=1S/C17H18N4O5S/c1-10(19-17(25)20-11-5-3-2-4-6-11)16(24)26-9-13(22)21-15-12(14(18)23)7-8-27-15/h2-8,10H,9H2,1H3,(H2,18,23)(H,21,22)(H2,19,20,25)/t10-/m0/s1. The molecule has 5 N–H and O–H groups in total. The maximum atomic E-state index is 11.9. The third-order valence-electron chi connectivity index (χ3n) is 3.26. The summed E-state index contributed by atoms with van der Waals surface area (Å²) in [6.45, 7) is 0.858. The average molecular weight is 390 g/mol. The number of hydrogen-bond donors (Lipinski definition) is 4. The van der Waals surface area contributed by atoms with Crippen LogP contribution in [0.15, 0.2) is 41.8 Å². The second kappa shape index (κ2) is 9.34. The molecule has 2 rings (SSSR count). The molecule has 9 nitrogen and oxygen atoms in total. The van der Waals surface area contributed by atoms with Crippen molar-refractivity contribution in [1.29, 1.82) is 0 Å². The van der Waals surface area contributed by atoms with Gasteiger partial charge in [0.1, 0.15) is 11.0 Å². The molecule has 0 aliphatic heterocycles. The van der Waals surface area contributed by atoms with E-state index in [-0.39, 0.29) is 10.6 Å². The predicted octanol–water partition coefficient (Wildman–Crippen LogP) is 1.54. The fraction of sp³-hybridized carbons (Fsp3) is 0.176. The molecule has 1 aromatic carbocycles. The molecule has 0 aliphatic carbocycles. The summed E-state index contributed by atoms with van der Waals surface area (Å²) in [7, 11) is 0. The van der Waals surface area contributed by atoms with E-state index in [1.807, 2.05) is 0 Å². The van der Waals surface area contributed by atoms with Gasteiger partial charge in [0.15, 0.2) is 6.61 Å². The van der Waals surface area contributed by atoms with Gasteiger partial charge in [0.2, 0.25) is 0 Å². The molecular formula is C17H18N4O5S. The maximum Gasteiger partial charge on any atom is 0.328 e. The van der Waals surface area contributed by atoms with Crippen LogP contribution in [0.25, 0.3) is 0 Å². The van der Waals surface area contributed by atoms with Crippen molar-refractivity contribution in [3.63, 3.8) is 0 Å². The number of thiophene rings is 1. The number of rotatable bonds is 7. The van der Waals surface area contributed by atoms with E-state index in [1.54, 1.807) is 35.7 Å². The zero-order chi connectivity index (χ0) is 19.8. The minimum absolute atomic E-state index is 0.173. The minimum Gasteiger partial charge on any atom is -0.454 e. The van der Waals surface area contributed by atoms with Gasteiger partial charge in [-0.1, -0.05) is 18.2 Å². The molecule has 1 atom stereocenters. The van der Waals surface area contributed by atoms with E-state index in [0.29, 0.717) is 5.69 Å². The van der Waals surface area contributed by atoms with Crippen LogP contribution in [0.4, 0.5) is 15.5 Å². The Bertz CT molecular complexity index is 837. The van der Waals surface area contributed by atoms with Gasteiger partial charge in [-0.2, -0.15) is 0 Å². The van der Waals surface area contributed by atoms with Crippen LogP contribution in [0.2, 0.25) is 0 Å². The Labute approximate surface area is 158 Å². The molecule has 27 heavy (non-hydrogen) atoms. The zero-order valence-corrected chi connectivity index (χ0v) is 15.2. The van der Waals surface area contributed by atoms with Gasteiger partial charge in [0, 0.05) is 5.69 Å². The third-order valence-corrected chi connectivity index (χ3v) is 4.09. The molecule has 0 saturated carbocycles. The molecule has 10 heteroatoms. The second-order valence-electron chi connectivity index (χ2n) is 5.37. The smallest absolute Gasteiger partial charge is 0.328 e. The highest BCUT2D eigenvalue weighted by Crippen LogP contribution is 2.22. The number of anilines is 2. The number of nitrogens with one attached hydrogen (secondary N) is 3. The summed E-state index contributed by atoms with van der Waals surface area (Å²) in [6.07, 6.45) is 0. The van der Waals surface area contributed by atoms with Crippen LogP contribution in [0.3, 0.4) is 0 Å². The molecule has 1 aromatic heterocycles. The van der Waals surface area contributed by atoms with Crippen molar-refractivity contribution in [3.05, 3.63) is 47.3 Å². The fourth-order valence-corrected chi connectivity index (χ4v) is 2.78. The number of carbonyl (C=O) groups is 4. The average Bonchev–Trinajstić information content (AvgIpc) is 3.08. The number of ether oxygens (including phenoxy) is 1. The summed E-state index contributed by atoms with van der Waals surface area (Å²) in [5, 5.41) is 9.28. The summed E-state index contributed by atoms with van der Waals surface area (Å²) in [5.41, 5.74) is 5.92. The number of carbonyl (C=O) groups excluding carboxylic acids is 4. The summed E-state index contributed by atoms with van der Waals surface area (Å²) in [6, 6.07) is 8.62. The molecular weight excluding hydrogens is 372 g/mol. The molecule has 0 aliphatic rings. The normalized spacial score (nSPS) is 11.1. The van der Waals surface area contributed by atoms with Crippen molar-refractivity contribution in [2.45, 2.75) is 13.0 Å². The van der Waals surface area contributed by atoms with Crippen LogP contribution in [0.5, 0.6) is 0 Å². The number of para-hydroxylation sites is 1. The molecule has 0 unspecified atom stereocenters. The highest BCUT2D eigenvalue weighted by Gasteiger charge is 2.19. The predicted molar refractivity (Wildman–Crippen MR) is 100 cm³/mol. The second-order valence-corrected chi connectivity index (χ2v) is 6.29. The molecule has 1 heterocycles. The van der Waals surface area contributed by atoms with E-state index in [9.17, 15) is 19.2 Å². The Kier molecular flexibility index (Phi) is 6.89. The molecule has 0 bridgehead atoms. The van der Waals surface area contributed by atoms with Gasteiger partial charge in [-0.3, -0.25) is 9.59 Å². The lowest BCUT2D eigenvalue weighted by atomic mass is 10.3. The van der Waals surface area contributed by atoms with Crippen LogP contribution in [0, 0.1) is 0 Å². The first kappa shape index (κ1) is 19.9. The van der Waals surface area contributed by atoms with Gasteiger partial charge in [-0.15, -0.1) is 11.3 Å². The molecule has 0 fully saturated rings. The van der Waals surface area contributed by atoms with E-state index in [0.717, 1.165) is 11.3 Å². The lowest BCUT2D eigenvalue weighted by molar-refractivity contribution is -0.148. The number of nitrogens with two attached hydrogens (primary N) is 1. The van der Waals surface area contributed by atoms with Gasteiger partial charge < -0.3 is 26.4 Å². The number of primary amides is 1.